The highest BCUT2D eigenvalue weighted by molar-refractivity contribution is 5.81. The van der Waals surface area contributed by atoms with Crippen LogP contribution in [0.5, 0.6) is 0 Å². The molecule has 0 aliphatic carbocycles. The standard InChI is InChI=1S/C35H25N7/c1-3-13-36-31(5-1)34-15-22(16-35(42-34)32-6-2-4-14-37-32)30-20-29-19-27-10-9-25(39-27)17-23-7-8-24(38-23)18-26-11-12-28(40-26)21-33(30)41-29/h1-21,38-41H. The summed E-state index contributed by atoms with van der Waals surface area (Å²) >= 11 is 0. The van der Waals surface area contributed by atoms with Crippen LogP contribution in [0, 0.1) is 0 Å². The van der Waals surface area contributed by atoms with E-state index in [9.17, 15) is 0 Å². The molecule has 4 N–H and O–H groups in total. The molecular formula is C35H25N7. The third kappa shape index (κ3) is 4.69. The number of rotatable bonds is 3. The van der Waals surface area contributed by atoms with Crippen LogP contribution < -0.4 is 21.4 Å². The number of nitrogens with one attached hydrogen (secondary N) is 4. The van der Waals surface area contributed by atoms with Gasteiger partial charge in [-0.15, -0.1) is 0 Å². The maximum atomic E-state index is 4.96. The average Bonchev–Trinajstić information content (AvgIpc) is 3.84. The first-order chi connectivity index (χ1) is 20.7. The Morgan fingerprint density at radius 1 is 0.429 bits per heavy atom. The fourth-order valence-electron chi connectivity index (χ4n) is 5.35. The number of hydrogen-bond acceptors (Lipinski definition) is 3. The van der Waals surface area contributed by atoms with E-state index in [1.165, 1.54) is 0 Å². The van der Waals surface area contributed by atoms with Gasteiger partial charge < -0.3 is 19.9 Å². The number of nitrogens with zero attached hydrogens (tertiary/aromatic N) is 3. The molecule has 7 aromatic rings. The lowest BCUT2D eigenvalue weighted by molar-refractivity contribution is 1.22. The zero-order chi connectivity index (χ0) is 27.9. The highest BCUT2D eigenvalue weighted by Crippen LogP contribution is 2.32. The minimum absolute atomic E-state index is 0.788. The van der Waals surface area contributed by atoms with Crippen LogP contribution in [0.2, 0.25) is 0 Å². The molecule has 0 aromatic carbocycles. The van der Waals surface area contributed by atoms with Crippen LogP contribution in [0.3, 0.4) is 0 Å². The van der Waals surface area contributed by atoms with E-state index in [1.54, 1.807) is 12.4 Å². The molecular weight excluding hydrogens is 518 g/mol. The van der Waals surface area contributed by atoms with Gasteiger partial charge in [0.05, 0.1) is 22.8 Å². The number of pyridine rings is 3. The molecule has 8 rings (SSSR count). The molecule has 8 bridgehead atoms. The molecule has 0 atom stereocenters. The van der Waals surface area contributed by atoms with Crippen molar-refractivity contribution < 1.29 is 0 Å². The minimum Gasteiger partial charge on any atom is -0.355 e. The molecule has 0 unspecified atom stereocenters. The van der Waals surface area contributed by atoms with Crippen LogP contribution in [0.15, 0.2) is 103 Å². The first-order valence-corrected chi connectivity index (χ1v) is 13.8. The Bertz CT molecular complexity index is 2240. The third-order valence-electron chi connectivity index (χ3n) is 7.29. The van der Waals surface area contributed by atoms with Crippen LogP contribution in [0.1, 0.15) is 22.8 Å². The number of aromatic amines is 4. The monoisotopic (exact) mass is 543 g/mol. The Morgan fingerprint density at radius 2 is 0.976 bits per heavy atom. The van der Waals surface area contributed by atoms with Crippen molar-refractivity contribution in [2.75, 3.05) is 0 Å². The molecule has 0 amide bonds. The van der Waals surface area contributed by atoms with Crippen LogP contribution in [-0.2, 0) is 0 Å². The summed E-state index contributed by atoms with van der Waals surface area (Å²) in [5.74, 6) is 0. The zero-order valence-corrected chi connectivity index (χ0v) is 22.5. The van der Waals surface area contributed by atoms with Gasteiger partial charge in [0.2, 0.25) is 0 Å². The molecule has 42 heavy (non-hydrogen) atoms. The lowest BCUT2D eigenvalue weighted by Gasteiger charge is -2.09. The number of aromatic nitrogens is 7. The van der Waals surface area contributed by atoms with E-state index in [0.29, 0.717) is 0 Å². The summed E-state index contributed by atoms with van der Waals surface area (Å²) in [5, 5.41) is 4.04. The van der Waals surface area contributed by atoms with Crippen LogP contribution in [0.4, 0.5) is 0 Å². The average molecular weight is 544 g/mol. The van der Waals surface area contributed by atoms with Crippen molar-refractivity contribution in [1.82, 2.24) is 34.9 Å². The number of fused-ring (bicyclic) bond motifs is 8. The lowest BCUT2D eigenvalue weighted by atomic mass is 10.0. The molecule has 0 saturated carbocycles. The summed E-state index contributed by atoms with van der Waals surface area (Å²) in [5.41, 5.74) is 9.29. The first-order valence-electron chi connectivity index (χ1n) is 13.8. The Labute approximate surface area is 240 Å². The van der Waals surface area contributed by atoms with Gasteiger partial charge in [0, 0.05) is 62.1 Å². The highest BCUT2D eigenvalue weighted by atomic mass is 14.8. The van der Waals surface area contributed by atoms with Gasteiger partial charge in [-0.3, -0.25) is 9.97 Å². The van der Waals surface area contributed by atoms with Gasteiger partial charge in [0.25, 0.3) is 0 Å². The van der Waals surface area contributed by atoms with E-state index in [1.807, 2.05) is 36.4 Å². The van der Waals surface area contributed by atoms with E-state index in [-0.39, 0.29) is 0 Å². The highest BCUT2D eigenvalue weighted by Gasteiger charge is 2.14. The molecule has 7 nitrogen and oxygen atoms in total. The van der Waals surface area contributed by atoms with E-state index in [4.69, 9.17) is 4.98 Å². The normalized spacial score (nSPS) is 12.1. The van der Waals surface area contributed by atoms with Crippen LogP contribution >= 0.6 is 0 Å². The van der Waals surface area contributed by atoms with Crippen molar-refractivity contribution >= 4 is 24.3 Å². The molecule has 7 heteroatoms. The maximum Gasteiger partial charge on any atom is 0.0900 e. The summed E-state index contributed by atoms with van der Waals surface area (Å²) < 4.78 is 0. The molecule has 8 heterocycles. The first kappa shape index (κ1) is 23.9. The number of hydrogen-bond donors (Lipinski definition) is 4. The summed E-state index contributed by atoms with van der Waals surface area (Å²) in [7, 11) is 0. The summed E-state index contributed by atoms with van der Waals surface area (Å²) in [6, 6.07) is 30.6. The smallest absolute Gasteiger partial charge is 0.0900 e. The SMILES string of the molecule is C1=c2ccc([nH]2)=Cc2cc(-c3cc(-c4ccccn4)nc(-c4ccccn4)c3)c([nH]2)C=c2ccc([nH]2)=Cc2ccc1[nH]2. The molecule has 1 aliphatic heterocycles. The van der Waals surface area contributed by atoms with Crippen molar-refractivity contribution in [3.63, 3.8) is 0 Å². The van der Waals surface area contributed by atoms with E-state index >= 15 is 0 Å². The fourth-order valence-corrected chi connectivity index (χ4v) is 5.35. The van der Waals surface area contributed by atoms with Gasteiger partial charge in [0.1, 0.15) is 0 Å². The Hall–Kier alpha value is -5.95. The maximum absolute atomic E-state index is 4.96. The van der Waals surface area contributed by atoms with Crippen molar-refractivity contribution in [3.8, 4) is 33.9 Å². The van der Waals surface area contributed by atoms with Gasteiger partial charge in [0.15, 0.2) is 0 Å². The molecule has 0 radical (unpaired) electrons. The van der Waals surface area contributed by atoms with Crippen molar-refractivity contribution in [1.29, 1.82) is 0 Å². The zero-order valence-electron chi connectivity index (χ0n) is 22.5. The van der Waals surface area contributed by atoms with Gasteiger partial charge in [-0.2, -0.15) is 0 Å². The Morgan fingerprint density at radius 3 is 1.52 bits per heavy atom. The second-order valence-electron chi connectivity index (χ2n) is 10.3. The topological polar surface area (TPSA) is 102 Å². The predicted molar refractivity (Wildman–Crippen MR) is 166 cm³/mol. The van der Waals surface area contributed by atoms with Crippen LogP contribution in [0.25, 0.3) is 58.2 Å². The van der Waals surface area contributed by atoms with Gasteiger partial charge in [-0.1, -0.05) is 12.1 Å². The Kier molecular flexibility index (Phi) is 5.64. The summed E-state index contributed by atoms with van der Waals surface area (Å²) in [6.45, 7) is 0. The van der Waals surface area contributed by atoms with E-state index in [2.05, 4.69) is 109 Å². The second kappa shape index (κ2) is 9.91. The van der Waals surface area contributed by atoms with E-state index in [0.717, 1.165) is 78.1 Å². The van der Waals surface area contributed by atoms with Gasteiger partial charge >= 0.3 is 0 Å². The van der Waals surface area contributed by atoms with Crippen molar-refractivity contribution in [2.45, 2.75) is 0 Å². The quantitative estimate of drug-likeness (QED) is 0.273. The third-order valence-corrected chi connectivity index (χ3v) is 7.29. The fraction of sp³-hybridized carbons (Fsp3) is 0. The molecule has 0 saturated heterocycles. The molecule has 7 aromatic heterocycles. The summed E-state index contributed by atoms with van der Waals surface area (Å²) in [6.07, 6.45) is 12.1. The van der Waals surface area contributed by atoms with Crippen molar-refractivity contribution in [3.05, 3.63) is 148 Å². The van der Waals surface area contributed by atoms with Gasteiger partial charge in [-0.05, 0) is 109 Å². The molecule has 200 valence electrons. The minimum atomic E-state index is 0.788. The van der Waals surface area contributed by atoms with Crippen LogP contribution in [-0.4, -0.2) is 34.9 Å². The predicted octanol–water partition coefficient (Wildman–Crippen LogP) is 3.81. The Balaban J connectivity index is 1.37. The summed E-state index contributed by atoms with van der Waals surface area (Å²) in [4.78, 5) is 28.3. The number of H-pyrrole nitrogens is 4. The van der Waals surface area contributed by atoms with Gasteiger partial charge in [-0.25, -0.2) is 4.98 Å². The molecule has 0 spiro atoms. The molecule has 1 aliphatic rings. The second-order valence-corrected chi connectivity index (χ2v) is 10.3. The lowest BCUT2D eigenvalue weighted by Crippen LogP contribution is -2.10. The van der Waals surface area contributed by atoms with E-state index < -0.39 is 0 Å². The largest absolute Gasteiger partial charge is 0.355 e. The molecule has 0 fully saturated rings. The van der Waals surface area contributed by atoms with Crippen molar-refractivity contribution in [2.24, 2.45) is 0 Å².